The molecule has 0 amide bonds. The predicted octanol–water partition coefficient (Wildman–Crippen LogP) is 5.02. The van der Waals surface area contributed by atoms with E-state index in [0.29, 0.717) is 23.1 Å². The number of hydrogen-bond acceptors (Lipinski definition) is 8. The van der Waals surface area contributed by atoms with Gasteiger partial charge in [-0.25, -0.2) is 14.4 Å². The molecule has 0 bridgehead atoms. The SMILES string of the molecule is CC1=C2[C@H]3O[C@]34CC[C@@H]3[C@](C)(COC(=O)c5ccccc5)[C@H](OC(=O)c5ccccc5)CC[C@@]3(C)[C@@H]4[C@H]3O[C@@]23OC1=O. The van der Waals surface area contributed by atoms with Gasteiger partial charge in [0.15, 0.2) is 0 Å². The minimum absolute atomic E-state index is 0.00822. The Bertz CT molecular complexity index is 1540. The van der Waals surface area contributed by atoms with Gasteiger partial charge in [-0.15, -0.1) is 0 Å². The topological polar surface area (TPSA) is 104 Å². The molecule has 3 aliphatic heterocycles. The second kappa shape index (κ2) is 8.54. The van der Waals surface area contributed by atoms with Gasteiger partial charge in [0.2, 0.25) is 0 Å². The van der Waals surface area contributed by atoms with E-state index in [2.05, 4.69) is 13.8 Å². The second-order valence-corrected chi connectivity index (χ2v) is 13.4. The molecule has 2 aromatic rings. The molecule has 2 aromatic carbocycles. The van der Waals surface area contributed by atoms with E-state index in [4.69, 9.17) is 23.7 Å². The number of rotatable bonds is 5. The molecule has 8 nitrogen and oxygen atoms in total. The third kappa shape index (κ3) is 3.33. The van der Waals surface area contributed by atoms with Crippen molar-refractivity contribution < 1.29 is 38.1 Å². The molecular formula is C34H34O8. The maximum Gasteiger partial charge on any atom is 0.338 e. The maximum absolute atomic E-state index is 13.3. The van der Waals surface area contributed by atoms with Gasteiger partial charge in [-0.2, -0.15) is 0 Å². The van der Waals surface area contributed by atoms with Crippen LogP contribution in [0, 0.1) is 22.7 Å². The average molecular weight is 571 g/mol. The van der Waals surface area contributed by atoms with E-state index >= 15 is 0 Å². The lowest BCUT2D eigenvalue weighted by atomic mass is 9.43. The third-order valence-electron chi connectivity index (χ3n) is 11.4. The lowest BCUT2D eigenvalue weighted by Gasteiger charge is -2.61. The van der Waals surface area contributed by atoms with Gasteiger partial charge in [-0.05, 0) is 68.2 Å². The highest BCUT2D eigenvalue weighted by atomic mass is 16.8. The number of ether oxygens (including phenoxy) is 5. The zero-order valence-electron chi connectivity index (χ0n) is 24.0. The molecule has 0 aromatic heterocycles. The first-order valence-electron chi connectivity index (χ1n) is 14.9. The van der Waals surface area contributed by atoms with Crippen LogP contribution in [-0.4, -0.2) is 54.2 Å². The minimum atomic E-state index is -1.01. The van der Waals surface area contributed by atoms with E-state index in [1.165, 1.54) is 0 Å². The Morgan fingerprint density at radius 1 is 0.905 bits per heavy atom. The summed E-state index contributed by atoms with van der Waals surface area (Å²) in [6.45, 7) is 6.28. The standard InChI is InChI=1S/C34H34O8/c1-19-24-26-33(40-26)17-14-22-31(2,25(33)27-34(24,41-27)42-28(19)35)16-15-23(39-30(37)21-12-8-5-9-13-21)32(22,3)18-38-29(36)20-10-6-4-7-11-20/h4-13,22-23,25-27H,14-18H2,1-3H3/t22-,23+,25-,26+,27+,31+,32-,33-,34+/m0/s1. The normalized spacial score (nSPS) is 42.2. The number of esters is 3. The highest BCUT2D eigenvalue weighted by Gasteiger charge is 2.89. The largest absolute Gasteiger partial charge is 0.461 e. The molecule has 9 atom stereocenters. The number of fused-ring (bicyclic) bond motifs is 4. The van der Waals surface area contributed by atoms with Crippen molar-refractivity contribution in [3.05, 3.63) is 82.9 Å². The summed E-state index contributed by atoms with van der Waals surface area (Å²) in [4.78, 5) is 39.1. The summed E-state index contributed by atoms with van der Waals surface area (Å²) in [5, 5.41) is 0. The van der Waals surface area contributed by atoms with Crippen LogP contribution < -0.4 is 0 Å². The van der Waals surface area contributed by atoms with Crippen LogP contribution in [0.15, 0.2) is 71.8 Å². The summed E-state index contributed by atoms with van der Waals surface area (Å²) in [5.74, 6) is -2.10. The lowest BCUT2D eigenvalue weighted by molar-refractivity contribution is -0.182. The number of benzene rings is 2. The van der Waals surface area contributed by atoms with Crippen LogP contribution in [0.4, 0.5) is 0 Å². The second-order valence-electron chi connectivity index (χ2n) is 13.4. The highest BCUT2D eigenvalue weighted by Crippen LogP contribution is 2.78. The Labute approximate surface area is 244 Å². The van der Waals surface area contributed by atoms with Gasteiger partial charge < -0.3 is 23.7 Å². The Kier molecular flexibility index (Phi) is 5.32. The Morgan fingerprint density at radius 3 is 2.26 bits per heavy atom. The first-order chi connectivity index (χ1) is 20.1. The van der Waals surface area contributed by atoms with Crippen LogP contribution in [0.5, 0.6) is 0 Å². The van der Waals surface area contributed by atoms with Crippen LogP contribution in [0.2, 0.25) is 0 Å². The van der Waals surface area contributed by atoms with Gasteiger partial charge in [-0.3, -0.25) is 0 Å². The Morgan fingerprint density at radius 2 is 1.57 bits per heavy atom. The molecule has 3 heterocycles. The molecule has 3 aliphatic carbocycles. The van der Waals surface area contributed by atoms with Gasteiger partial charge in [0.25, 0.3) is 5.79 Å². The van der Waals surface area contributed by atoms with Crippen LogP contribution in [0.1, 0.15) is 67.2 Å². The molecule has 0 radical (unpaired) electrons. The Hall–Kier alpha value is -3.49. The van der Waals surface area contributed by atoms with Crippen LogP contribution in [0.25, 0.3) is 0 Å². The fraction of sp³-hybridized carbons (Fsp3) is 0.500. The van der Waals surface area contributed by atoms with Crippen molar-refractivity contribution in [3.63, 3.8) is 0 Å². The van der Waals surface area contributed by atoms with Gasteiger partial charge in [0.1, 0.15) is 30.5 Å². The van der Waals surface area contributed by atoms with Crippen molar-refractivity contribution in [1.29, 1.82) is 0 Å². The maximum atomic E-state index is 13.3. The van der Waals surface area contributed by atoms with E-state index in [1.807, 2.05) is 36.4 Å². The van der Waals surface area contributed by atoms with Crippen molar-refractivity contribution >= 4 is 17.9 Å². The van der Waals surface area contributed by atoms with E-state index in [-0.39, 0.29) is 48.0 Å². The van der Waals surface area contributed by atoms with Crippen LogP contribution >= 0.6 is 0 Å². The first kappa shape index (κ1) is 26.2. The predicted molar refractivity (Wildman–Crippen MR) is 148 cm³/mol. The molecule has 5 fully saturated rings. The average Bonchev–Trinajstić information content (AvgIpc) is 3.88. The molecule has 8 heteroatoms. The highest BCUT2D eigenvalue weighted by molar-refractivity contribution is 5.94. The summed E-state index contributed by atoms with van der Waals surface area (Å²) < 4.78 is 31.0. The molecule has 2 saturated heterocycles. The zero-order chi connectivity index (χ0) is 29.1. The molecule has 3 saturated carbocycles. The third-order valence-corrected chi connectivity index (χ3v) is 11.4. The monoisotopic (exact) mass is 570 g/mol. The summed E-state index contributed by atoms with van der Waals surface area (Å²) >= 11 is 0. The smallest absolute Gasteiger partial charge is 0.338 e. The van der Waals surface area contributed by atoms with Crippen molar-refractivity contribution in [3.8, 4) is 0 Å². The van der Waals surface area contributed by atoms with Gasteiger partial charge in [-0.1, -0.05) is 50.2 Å². The van der Waals surface area contributed by atoms with E-state index in [0.717, 1.165) is 24.8 Å². The minimum Gasteiger partial charge on any atom is -0.461 e. The lowest BCUT2D eigenvalue weighted by Crippen LogP contribution is -2.64. The van der Waals surface area contributed by atoms with E-state index in [1.54, 1.807) is 31.2 Å². The van der Waals surface area contributed by atoms with E-state index in [9.17, 15) is 14.4 Å². The number of epoxide rings is 2. The molecule has 2 spiro atoms. The molecule has 218 valence electrons. The summed E-state index contributed by atoms with van der Waals surface area (Å²) in [6, 6.07) is 17.9. The molecule has 0 unspecified atom stereocenters. The first-order valence-corrected chi connectivity index (χ1v) is 14.9. The molecule has 42 heavy (non-hydrogen) atoms. The molecule has 0 N–H and O–H groups in total. The van der Waals surface area contributed by atoms with Gasteiger partial charge >= 0.3 is 17.9 Å². The van der Waals surface area contributed by atoms with Crippen molar-refractivity contribution in [2.24, 2.45) is 22.7 Å². The summed E-state index contributed by atoms with van der Waals surface area (Å²) in [6.07, 6.45) is 2.05. The molecular weight excluding hydrogens is 536 g/mol. The molecule has 6 aliphatic rings. The number of hydrogen-bond donors (Lipinski definition) is 0. The van der Waals surface area contributed by atoms with Gasteiger partial charge in [0.05, 0.1) is 11.1 Å². The van der Waals surface area contributed by atoms with E-state index < -0.39 is 28.9 Å². The van der Waals surface area contributed by atoms with Crippen molar-refractivity contribution in [2.45, 2.75) is 76.2 Å². The van der Waals surface area contributed by atoms with Crippen LogP contribution in [-0.2, 0) is 28.5 Å². The quantitative estimate of drug-likeness (QED) is 0.280. The Balaban J connectivity index is 1.13. The molecule has 8 rings (SSSR count). The fourth-order valence-electron chi connectivity index (χ4n) is 9.35. The van der Waals surface area contributed by atoms with Crippen LogP contribution in [0.3, 0.4) is 0 Å². The summed E-state index contributed by atoms with van der Waals surface area (Å²) in [7, 11) is 0. The fourth-order valence-corrected chi connectivity index (χ4v) is 9.35. The van der Waals surface area contributed by atoms with Crippen molar-refractivity contribution in [2.75, 3.05) is 6.61 Å². The summed E-state index contributed by atoms with van der Waals surface area (Å²) in [5.41, 5.74) is 1.10. The zero-order valence-corrected chi connectivity index (χ0v) is 24.0. The van der Waals surface area contributed by atoms with Gasteiger partial charge in [0, 0.05) is 22.5 Å². The number of carbonyl (C=O) groups is 3. The van der Waals surface area contributed by atoms with Crippen molar-refractivity contribution in [1.82, 2.24) is 0 Å². The number of carbonyl (C=O) groups excluding carboxylic acids is 3.